The van der Waals surface area contributed by atoms with E-state index in [1.165, 1.54) is 0 Å². The molecule has 2 aromatic carbocycles. The van der Waals surface area contributed by atoms with Gasteiger partial charge in [-0.05, 0) is 18.2 Å². The molecular weight excluding hydrogens is 276 g/mol. The molecule has 20 heavy (non-hydrogen) atoms. The van der Waals surface area contributed by atoms with Gasteiger partial charge in [-0.15, -0.1) is 0 Å². The average molecular weight is 289 g/mol. The van der Waals surface area contributed by atoms with Gasteiger partial charge in [-0.25, -0.2) is 4.79 Å². The number of ether oxygens (including phenoxy) is 1. The van der Waals surface area contributed by atoms with Crippen molar-refractivity contribution in [2.75, 3.05) is 7.11 Å². The minimum atomic E-state index is -0.181. The van der Waals surface area contributed by atoms with Crippen LogP contribution in [0.15, 0.2) is 47.3 Å². The van der Waals surface area contributed by atoms with E-state index < -0.39 is 0 Å². The largest absolute Gasteiger partial charge is 0.496 e. The highest BCUT2D eigenvalue weighted by atomic mass is 35.5. The van der Waals surface area contributed by atoms with Gasteiger partial charge >= 0.3 is 5.69 Å². The van der Waals surface area contributed by atoms with Crippen LogP contribution in [-0.2, 0) is 6.54 Å². The van der Waals surface area contributed by atoms with E-state index in [9.17, 15) is 4.79 Å². The van der Waals surface area contributed by atoms with E-state index in [1.807, 2.05) is 36.4 Å². The van der Waals surface area contributed by atoms with Crippen molar-refractivity contribution in [2.24, 2.45) is 0 Å². The Labute approximate surface area is 120 Å². The number of halogens is 1. The number of methoxy groups -OCH3 is 1. The van der Waals surface area contributed by atoms with Crippen LogP contribution in [0.2, 0.25) is 5.02 Å². The summed E-state index contributed by atoms with van der Waals surface area (Å²) in [4.78, 5) is 14.9. The van der Waals surface area contributed by atoms with Gasteiger partial charge in [0.2, 0.25) is 0 Å². The Morgan fingerprint density at radius 2 is 2.00 bits per heavy atom. The molecule has 0 saturated carbocycles. The lowest BCUT2D eigenvalue weighted by atomic mass is 10.2. The number of H-pyrrole nitrogens is 1. The summed E-state index contributed by atoms with van der Waals surface area (Å²) in [7, 11) is 1.61. The second-order valence-electron chi connectivity index (χ2n) is 4.46. The summed E-state index contributed by atoms with van der Waals surface area (Å²) in [5.74, 6) is 0.751. The number of nitrogens with zero attached hydrogens (tertiary/aromatic N) is 1. The fraction of sp³-hybridized carbons (Fsp3) is 0.133. The number of fused-ring (bicyclic) bond motifs is 1. The third-order valence-corrected chi connectivity index (χ3v) is 3.57. The first-order valence-electron chi connectivity index (χ1n) is 6.19. The maximum absolute atomic E-state index is 12.1. The molecule has 1 aromatic heterocycles. The van der Waals surface area contributed by atoms with Crippen molar-refractivity contribution in [3.8, 4) is 5.75 Å². The topological polar surface area (TPSA) is 47.0 Å². The fourth-order valence-electron chi connectivity index (χ4n) is 2.33. The Morgan fingerprint density at radius 1 is 1.20 bits per heavy atom. The van der Waals surface area contributed by atoms with Gasteiger partial charge in [-0.1, -0.05) is 35.9 Å². The Balaban J connectivity index is 2.16. The maximum Gasteiger partial charge on any atom is 0.326 e. The van der Waals surface area contributed by atoms with E-state index in [2.05, 4.69) is 4.98 Å². The molecule has 0 spiro atoms. The number of para-hydroxylation sites is 2. The zero-order valence-electron chi connectivity index (χ0n) is 10.9. The molecule has 0 unspecified atom stereocenters. The van der Waals surface area contributed by atoms with Gasteiger partial charge in [0.15, 0.2) is 0 Å². The molecule has 0 amide bonds. The summed E-state index contributed by atoms with van der Waals surface area (Å²) >= 11 is 6.20. The molecule has 0 atom stereocenters. The number of aromatic nitrogens is 2. The van der Waals surface area contributed by atoms with Crippen LogP contribution >= 0.6 is 11.6 Å². The Hall–Kier alpha value is -2.20. The lowest BCUT2D eigenvalue weighted by Gasteiger charge is -2.09. The second-order valence-corrected chi connectivity index (χ2v) is 4.87. The molecule has 0 aliphatic carbocycles. The van der Waals surface area contributed by atoms with Gasteiger partial charge in [0.05, 0.1) is 29.7 Å². The maximum atomic E-state index is 12.1. The Bertz CT molecular complexity index is 820. The predicted octanol–water partition coefficient (Wildman–Crippen LogP) is 3.04. The first kappa shape index (κ1) is 12.8. The lowest BCUT2D eigenvalue weighted by molar-refractivity contribution is 0.408. The summed E-state index contributed by atoms with van der Waals surface area (Å²) in [5.41, 5.74) is 2.19. The molecule has 5 heteroatoms. The standard InChI is InChI=1S/C15H13ClN2O2/c1-20-13-8-3-2-5-10(13)9-18-14-11(16)6-4-7-12(14)17-15(18)19/h2-8H,9H2,1H3,(H,17,19). The highest BCUT2D eigenvalue weighted by Crippen LogP contribution is 2.24. The number of hydrogen-bond acceptors (Lipinski definition) is 2. The van der Waals surface area contributed by atoms with Crippen molar-refractivity contribution in [1.82, 2.24) is 9.55 Å². The van der Waals surface area contributed by atoms with Crippen molar-refractivity contribution in [3.05, 3.63) is 63.5 Å². The second kappa shape index (κ2) is 5.06. The van der Waals surface area contributed by atoms with E-state index in [1.54, 1.807) is 17.7 Å². The fourth-order valence-corrected chi connectivity index (χ4v) is 2.61. The number of benzene rings is 2. The zero-order chi connectivity index (χ0) is 14.1. The zero-order valence-corrected chi connectivity index (χ0v) is 11.6. The van der Waals surface area contributed by atoms with Gasteiger partial charge in [-0.3, -0.25) is 4.57 Å². The van der Waals surface area contributed by atoms with E-state index in [0.717, 1.165) is 16.8 Å². The van der Waals surface area contributed by atoms with Crippen molar-refractivity contribution < 1.29 is 4.74 Å². The van der Waals surface area contributed by atoms with Gasteiger partial charge in [0.1, 0.15) is 5.75 Å². The molecule has 4 nitrogen and oxygen atoms in total. The summed E-state index contributed by atoms with van der Waals surface area (Å²) in [6.07, 6.45) is 0. The Kier molecular flexibility index (Phi) is 3.24. The SMILES string of the molecule is COc1ccccc1Cn1c(=O)[nH]c2cccc(Cl)c21. The van der Waals surface area contributed by atoms with Gasteiger partial charge in [-0.2, -0.15) is 0 Å². The lowest BCUT2D eigenvalue weighted by Crippen LogP contribution is -2.17. The minimum Gasteiger partial charge on any atom is -0.496 e. The number of nitrogens with one attached hydrogen (secondary N) is 1. The van der Waals surface area contributed by atoms with Crippen molar-refractivity contribution in [3.63, 3.8) is 0 Å². The molecule has 0 bridgehead atoms. The summed E-state index contributed by atoms with van der Waals surface area (Å²) < 4.78 is 6.94. The summed E-state index contributed by atoms with van der Waals surface area (Å²) in [6.45, 7) is 0.409. The Morgan fingerprint density at radius 3 is 2.80 bits per heavy atom. The number of hydrogen-bond donors (Lipinski definition) is 1. The van der Waals surface area contributed by atoms with Crippen LogP contribution in [0, 0.1) is 0 Å². The molecule has 1 heterocycles. The molecule has 0 saturated heterocycles. The van der Waals surface area contributed by atoms with Crippen LogP contribution < -0.4 is 10.4 Å². The molecule has 0 radical (unpaired) electrons. The number of rotatable bonds is 3. The van der Waals surface area contributed by atoms with Crippen LogP contribution in [0.5, 0.6) is 5.75 Å². The predicted molar refractivity (Wildman–Crippen MR) is 79.7 cm³/mol. The highest BCUT2D eigenvalue weighted by Gasteiger charge is 2.12. The summed E-state index contributed by atoms with van der Waals surface area (Å²) in [6, 6.07) is 13.0. The third kappa shape index (κ3) is 2.08. The van der Waals surface area contributed by atoms with E-state index in [-0.39, 0.29) is 5.69 Å². The molecule has 1 N–H and O–H groups in total. The molecule has 0 aliphatic heterocycles. The van der Waals surface area contributed by atoms with Crippen LogP contribution in [0.1, 0.15) is 5.56 Å². The molecule has 0 fully saturated rings. The normalized spacial score (nSPS) is 10.9. The van der Waals surface area contributed by atoms with Gasteiger partial charge in [0.25, 0.3) is 0 Å². The smallest absolute Gasteiger partial charge is 0.326 e. The van der Waals surface area contributed by atoms with Crippen molar-refractivity contribution >= 4 is 22.6 Å². The first-order valence-corrected chi connectivity index (χ1v) is 6.57. The van der Waals surface area contributed by atoms with E-state index >= 15 is 0 Å². The van der Waals surface area contributed by atoms with Crippen LogP contribution in [0.25, 0.3) is 11.0 Å². The van der Waals surface area contributed by atoms with Crippen molar-refractivity contribution in [2.45, 2.75) is 6.54 Å². The van der Waals surface area contributed by atoms with Gasteiger partial charge in [0, 0.05) is 5.56 Å². The average Bonchev–Trinajstić information content (AvgIpc) is 2.77. The van der Waals surface area contributed by atoms with Gasteiger partial charge < -0.3 is 9.72 Å². The van der Waals surface area contributed by atoms with Crippen LogP contribution in [0.4, 0.5) is 0 Å². The first-order chi connectivity index (χ1) is 9.70. The molecule has 102 valence electrons. The monoisotopic (exact) mass is 288 g/mol. The highest BCUT2D eigenvalue weighted by molar-refractivity contribution is 6.34. The van der Waals surface area contributed by atoms with Crippen LogP contribution in [-0.4, -0.2) is 16.7 Å². The van der Waals surface area contributed by atoms with E-state index in [4.69, 9.17) is 16.3 Å². The molecule has 3 rings (SSSR count). The van der Waals surface area contributed by atoms with E-state index in [0.29, 0.717) is 17.1 Å². The number of imidazole rings is 1. The number of aromatic amines is 1. The minimum absolute atomic E-state index is 0.181. The van der Waals surface area contributed by atoms with Crippen LogP contribution in [0.3, 0.4) is 0 Å². The summed E-state index contributed by atoms with van der Waals surface area (Å²) in [5, 5.41) is 0.552. The quantitative estimate of drug-likeness (QED) is 0.805. The molecular formula is C15H13ClN2O2. The van der Waals surface area contributed by atoms with Crippen molar-refractivity contribution in [1.29, 1.82) is 0 Å². The molecule has 3 aromatic rings. The molecule has 0 aliphatic rings. The third-order valence-electron chi connectivity index (χ3n) is 3.26.